The first-order valence-corrected chi connectivity index (χ1v) is 8.91. The Kier molecular flexibility index (Phi) is 6.97. The van der Waals surface area contributed by atoms with Crippen LogP contribution in [0.2, 0.25) is 0 Å². The molecule has 2 heterocycles. The topological polar surface area (TPSA) is 61.4 Å². The average molecular weight is 418 g/mol. The lowest BCUT2D eigenvalue weighted by Crippen LogP contribution is -2.17. The van der Waals surface area contributed by atoms with Gasteiger partial charge in [0.05, 0.1) is 0 Å². The van der Waals surface area contributed by atoms with Crippen LogP contribution in [0.1, 0.15) is 0 Å². The van der Waals surface area contributed by atoms with Crippen LogP contribution < -0.4 is 0 Å². The fraction of sp³-hybridized carbons (Fsp3) is 0.500. The van der Waals surface area contributed by atoms with Crippen molar-refractivity contribution in [2.45, 2.75) is 35.8 Å². The quantitative estimate of drug-likeness (QED) is 0.372. The van der Waals surface area contributed by atoms with Crippen molar-refractivity contribution < 1.29 is 26.3 Å². The molecule has 0 fully saturated rings. The number of aromatic nitrogens is 6. The van der Waals surface area contributed by atoms with Crippen LogP contribution in [0.4, 0.5) is 26.3 Å². The summed E-state index contributed by atoms with van der Waals surface area (Å²) in [4.78, 5) is 0. The Morgan fingerprint density at radius 1 is 0.769 bits per heavy atom. The van der Waals surface area contributed by atoms with Gasteiger partial charge in [-0.3, -0.25) is 9.13 Å². The van der Waals surface area contributed by atoms with Crippen molar-refractivity contribution in [1.82, 2.24) is 29.5 Å². The minimum Gasteiger partial charge on any atom is -0.299 e. The van der Waals surface area contributed by atoms with Crippen LogP contribution in [-0.2, 0) is 13.1 Å². The molecule has 0 radical (unpaired) electrons. The van der Waals surface area contributed by atoms with Crippen LogP contribution >= 0.6 is 23.5 Å². The second-order valence-corrected chi connectivity index (χ2v) is 6.78. The Morgan fingerprint density at radius 3 is 1.50 bits per heavy atom. The van der Waals surface area contributed by atoms with Gasteiger partial charge >= 0.3 is 12.4 Å². The summed E-state index contributed by atoms with van der Waals surface area (Å²) in [5, 5.41) is 14.4. The van der Waals surface area contributed by atoms with E-state index in [1.54, 1.807) is 12.2 Å². The third kappa shape index (κ3) is 7.27. The van der Waals surface area contributed by atoms with Crippen molar-refractivity contribution in [3.05, 3.63) is 24.8 Å². The third-order valence-electron chi connectivity index (χ3n) is 2.64. The number of thioether (sulfide) groups is 2. The van der Waals surface area contributed by atoms with Gasteiger partial charge in [-0.15, -0.1) is 20.4 Å². The lowest BCUT2D eigenvalue weighted by Gasteiger charge is -2.08. The number of halogens is 6. The van der Waals surface area contributed by atoms with Gasteiger partial charge in [-0.25, -0.2) is 0 Å². The molecule has 6 nitrogen and oxygen atoms in total. The molecule has 0 saturated heterocycles. The van der Waals surface area contributed by atoms with E-state index in [9.17, 15) is 26.3 Å². The van der Waals surface area contributed by atoms with Gasteiger partial charge in [0.1, 0.15) is 25.7 Å². The van der Waals surface area contributed by atoms with Crippen LogP contribution in [0.3, 0.4) is 0 Å². The minimum absolute atomic E-state index is 0.129. The first-order chi connectivity index (χ1) is 12.1. The zero-order valence-corrected chi connectivity index (χ0v) is 14.5. The summed E-state index contributed by atoms with van der Waals surface area (Å²) in [6.45, 7) is -2.34. The van der Waals surface area contributed by atoms with E-state index in [0.29, 0.717) is 11.5 Å². The van der Waals surface area contributed by atoms with Crippen LogP contribution in [0, 0.1) is 0 Å². The highest BCUT2D eigenvalue weighted by Gasteiger charge is 2.30. The molecule has 0 aromatic carbocycles. The Morgan fingerprint density at radius 2 is 1.15 bits per heavy atom. The predicted octanol–water partition coefficient (Wildman–Crippen LogP) is 3.43. The number of hydrogen-bond donors (Lipinski definition) is 0. The van der Waals surface area contributed by atoms with Gasteiger partial charge < -0.3 is 0 Å². The van der Waals surface area contributed by atoms with Gasteiger partial charge in [-0.1, -0.05) is 35.7 Å². The second kappa shape index (κ2) is 8.79. The van der Waals surface area contributed by atoms with E-state index in [1.807, 2.05) is 0 Å². The average Bonchev–Trinajstić information content (AvgIpc) is 3.09. The highest BCUT2D eigenvalue weighted by Crippen LogP contribution is 2.23. The summed E-state index contributed by atoms with van der Waals surface area (Å²) in [5.41, 5.74) is 0. The fourth-order valence-corrected chi connectivity index (χ4v) is 3.22. The molecule has 0 N–H and O–H groups in total. The third-order valence-corrected chi connectivity index (χ3v) is 4.51. The Balaban J connectivity index is 1.76. The summed E-state index contributed by atoms with van der Waals surface area (Å²) >= 11 is 2.13. The number of nitrogens with zero attached hydrogens (tertiary/aromatic N) is 6. The molecule has 0 aliphatic rings. The monoisotopic (exact) mass is 418 g/mol. The van der Waals surface area contributed by atoms with Gasteiger partial charge in [-0.2, -0.15) is 26.3 Å². The van der Waals surface area contributed by atoms with Crippen molar-refractivity contribution >= 4 is 23.5 Å². The normalized spacial score (nSPS) is 13.0. The molecule has 0 aliphatic carbocycles. The largest absolute Gasteiger partial charge is 0.406 e. The minimum atomic E-state index is -4.36. The predicted molar refractivity (Wildman–Crippen MR) is 82.7 cm³/mol. The molecule has 26 heavy (non-hydrogen) atoms. The van der Waals surface area contributed by atoms with Gasteiger partial charge in [0.25, 0.3) is 0 Å². The summed E-state index contributed by atoms with van der Waals surface area (Å²) in [5.74, 6) is 0.679. The molecule has 0 spiro atoms. The molecule has 0 bridgehead atoms. The number of alkyl halides is 6. The zero-order valence-electron chi connectivity index (χ0n) is 12.9. The smallest absolute Gasteiger partial charge is 0.299 e. The van der Waals surface area contributed by atoms with Crippen molar-refractivity contribution in [2.75, 3.05) is 11.5 Å². The highest BCUT2D eigenvalue weighted by molar-refractivity contribution is 7.99. The van der Waals surface area contributed by atoms with Gasteiger partial charge in [0.15, 0.2) is 10.3 Å². The first kappa shape index (κ1) is 20.6. The molecular weight excluding hydrogens is 406 g/mol. The lowest BCUT2D eigenvalue weighted by atomic mass is 10.6. The van der Waals surface area contributed by atoms with E-state index < -0.39 is 25.4 Å². The molecule has 0 unspecified atom stereocenters. The van der Waals surface area contributed by atoms with E-state index >= 15 is 0 Å². The van der Waals surface area contributed by atoms with Crippen molar-refractivity contribution in [3.63, 3.8) is 0 Å². The van der Waals surface area contributed by atoms with E-state index in [1.165, 1.54) is 0 Å². The Bertz CT molecular complexity index is 662. The maximum atomic E-state index is 12.4. The molecular formula is C12H12F6N6S2. The summed E-state index contributed by atoms with van der Waals surface area (Å²) in [6, 6.07) is 0. The molecule has 2 aromatic heterocycles. The standard InChI is InChI=1S/C12H12F6N6S2/c13-11(14,15)5-23-7-19-21-9(23)25-3-1-2-4-26-10-22-20-8-24(10)6-12(16,17)18/h1-2,7-8H,3-6H2/b2-1+. The van der Waals surface area contributed by atoms with E-state index in [0.717, 1.165) is 45.3 Å². The maximum Gasteiger partial charge on any atom is 0.406 e. The van der Waals surface area contributed by atoms with E-state index in [4.69, 9.17) is 0 Å². The highest BCUT2D eigenvalue weighted by atomic mass is 32.2. The van der Waals surface area contributed by atoms with Crippen LogP contribution in [0.25, 0.3) is 0 Å². The number of hydrogen-bond acceptors (Lipinski definition) is 6. The van der Waals surface area contributed by atoms with Crippen LogP contribution in [0.5, 0.6) is 0 Å². The van der Waals surface area contributed by atoms with Gasteiger partial charge in [0, 0.05) is 11.5 Å². The summed E-state index contributed by atoms with van der Waals surface area (Å²) in [7, 11) is 0. The van der Waals surface area contributed by atoms with Crippen molar-refractivity contribution in [1.29, 1.82) is 0 Å². The van der Waals surface area contributed by atoms with E-state index in [-0.39, 0.29) is 10.3 Å². The van der Waals surface area contributed by atoms with Crippen molar-refractivity contribution in [2.24, 2.45) is 0 Å². The Hall–Kier alpha value is -1.70. The molecule has 14 heteroatoms. The zero-order chi connectivity index (χ0) is 19.2. The molecule has 0 saturated carbocycles. The lowest BCUT2D eigenvalue weighted by molar-refractivity contribution is -0.142. The Labute approximate surface area is 152 Å². The summed E-state index contributed by atoms with van der Waals surface area (Å²) < 4.78 is 76.0. The second-order valence-electron chi connectivity index (χ2n) is 4.81. The number of rotatable bonds is 8. The van der Waals surface area contributed by atoms with Crippen molar-refractivity contribution in [3.8, 4) is 0 Å². The maximum absolute atomic E-state index is 12.4. The van der Waals surface area contributed by atoms with Gasteiger partial charge in [-0.05, 0) is 0 Å². The molecule has 2 aromatic rings. The summed E-state index contributed by atoms with van der Waals surface area (Å²) in [6.07, 6.45) is -3.37. The van der Waals surface area contributed by atoms with Gasteiger partial charge in [0.2, 0.25) is 0 Å². The first-order valence-electron chi connectivity index (χ1n) is 6.94. The molecule has 2 rings (SSSR count). The van der Waals surface area contributed by atoms with E-state index in [2.05, 4.69) is 20.4 Å². The fourth-order valence-electron chi connectivity index (χ4n) is 1.70. The molecule has 0 amide bonds. The molecule has 0 aliphatic heterocycles. The van der Waals surface area contributed by atoms with Crippen LogP contribution in [0.15, 0.2) is 35.1 Å². The van der Waals surface area contributed by atoms with Crippen LogP contribution in [-0.4, -0.2) is 53.4 Å². The SMILES string of the molecule is FC(F)(F)Cn1cnnc1SC/C=C/CSc1nncn1CC(F)(F)F. The molecule has 0 atom stereocenters. The molecule has 144 valence electrons.